The summed E-state index contributed by atoms with van der Waals surface area (Å²) in [5.41, 5.74) is 1.31. The van der Waals surface area contributed by atoms with E-state index in [-0.39, 0.29) is 11.2 Å². The minimum Gasteiger partial charge on any atom is -0.315 e. The van der Waals surface area contributed by atoms with Crippen molar-refractivity contribution in [3.8, 4) is 0 Å². The van der Waals surface area contributed by atoms with E-state index in [4.69, 9.17) is 0 Å². The van der Waals surface area contributed by atoms with Crippen molar-refractivity contribution in [3.63, 3.8) is 0 Å². The summed E-state index contributed by atoms with van der Waals surface area (Å²) < 4.78 is 14.6. The Balaban J connectivity index is 2.73. The molecule has 0 unspecified atom stereocenters. The van der Waals surface area contributed by atoms with Crippen LogP contribution in [0.2, 0.25) is 0 Å². The molecule has 92 valence electrons. The van der Waals surface area contributed by atoms with Crippen LogP contribution in [-0.2, 0) is 12.0 Å². The molecule has 0 aliphatic heterocycles. The smallest absolute Gasteiger partial charge is 0.123 e. The van der Waals surface area contributed by atoms with Gasteiger partial charge < -0.3 is 5.32 Å². The van der Waals surface area contributed by atoms with Gasteiger partial charge in [-0.25, -0.2) is 4.39 Å². The number of nitrogens with one attached hydrogen (secondary N) is 1. The lowest BCUT2D eigenvalue weighted by atomic mass is 9.85. The van der Waals surface area contributed by atoms with Crippen molar-refractivity contribution in [2.24, 2.45) is 0 Å². The lowest BCUT2D eigenvalue weighted by Crippen LogP contribution is -2.15. The first-order valence-corrected chi connectivity index (χ1v) is 6.61. The molecule has 1 heterocycles. The van der Waals surface area contributed by atoms with Crippen LogP contribution in [0, 0.1) is 5.82 Å². The fraction of sp³-hybridized carbons (Fsp3) is 0.429. The van der Waals surface area contributed by atoms with Gasteiger partial charge in [-0.1, -0.05) is 20.8 Å². The number of hydrogen-bond donors (Lipinski definition) is 1. The zero-order chi connectivity index (χ0) is 12.6. The minimum absolute atomic E-state index is 0.0399. The molecule has 0 amide bonds. The van der Waals surface area contributed by atoms with Gasteiger partial charge in [-0.05, 0) is 41.6 Å². The number of thiophene rings is 1. The third kappa shape index (κ3) is 2.35. The maximum absolute atomic E-state index is 13.4. The van der Waals surface area contributed by atoms with E-state index < -0.39 is 0 Å². The van der Waals surface area contributed by atoms with E-state index in [1.807, 2.05) is 13.1 Å². The monoisotopic (exact) mass is 251 g/mol. The Hall–Kier alpha value is -0.930. The van der Waals surface area contributed by atoms with Crippen LogP contribution in [-0.4, -0.2) is 7.05 Å². The molecule has 1 nitrogen and oxygen atoms in total. The molecule has 3 heteroatoms. The molecule has 0 fully saturated rings. The Labute approximate surface area is 106 Å². The van der Waals surface area contributed by atoms with E-state index in [0.29, 0.717) is 0 Å². The van der Waals surface area contributed by atoms with Crippen LogP contribution in [0.1, 0.15) is 31.2 Å². The Morgan fingerprint density at radius 3 is 2.59 bits per heavy atom. The van der Waals surface area contributed by atoms with Crippen LogP contribution >= 0.6 is 11.3 Å². The van der Waals surface area contributed by atoms with E-state index in [2.05, 4.69) is 26.1 Å². The number of hydrogen-bond acceptors (Lipinski definition) is 2. The van der Waals surface area contributed by atoms with Crippen molar-refractivity contribution in [2.45, 2.75) is 32.7 Å². The summed E-state index contributed by atoms with van der Waals surface area (Å²) in [6, 6.07) is 5.07. The first-order valence-electron chi connectivity index (χ1n) is 5.79. The number of fused-ring (bicyclic) bond motifs is 1. The Bertz CT molecular complexity index is 537. The third-order valence-electron chi connectivity index (χ3n) is 2.81. The van der Waals surface area contributed by atoms with Crippen LogP contribution in [0.3, 0.4) is 0 Å². The van der Waals surface area contributed by atoms with E-state index in [0.717, 1.165) is 11.9 Å². The summed E-state index contributed by atoms with van der Waals surface area (Å²) in [5.74, 6) is -0.156. The normalized spacial score (nSPS) is 12.3. The molecule has 2 rings (SSSR count). The van der Waals surface area contributed by atoms with Crippen LogP contribution in [0.5, 0.6) is 0 Å². The first-order chi connectivity index (χ1) is 7.93. The molecule has 0 radical (unpaired) electrons. The number of benzene rings is 1. The van der Waals surface area contributed by atoms with Gasteiger partial charge in [0.1, 0.15) is 5.82 Å². The summed E-state index contributed by atoms with van der Waals surface area (Å²) in [4.78, 5) is 1.31. The molecule has 2 aromatic rings. The second-order valence-electron chi connectivity index (χ2n) is 5.32. The molecule has 1 N–H and O–H groups in total. The van der Waals surface area contributed by atoms with Gasteiger partial charge in [0, 0.05) is 16.1 Å². The fourth-order valence-electron chi connectivity index (χ4n) is 2.23. The third-order valence-corrected chi connectivity index (χ3v) is 3.98. The molecule has 0 atom stereocenters. The van der Waals surface area contributed by atoms with Gasteiger partial charge in [0.15, 0.2) is 0 Å². The molecule has 0 saturated heterocycles. The van der Waals surface area contributed by atoms with Crippen molar-refractivity contribution < 1.29 is 4.39 Å². The van der Waals surface area contributed by atoms with Crippen LogP contribution in [0.25, 0.3) is 10.1 Å². The topological polar surface area (TPSA) is 12.0 Å². The highest BCUT2D eigenvalue weighted by atomic mass is 32.1. The van der Waals surface area contributed by atoms with Gasteiger partial charge in [-0.15, -0.1) is 11.3 Å². The molecule has 0 saturated carbocycles. The van der Waals surface area contributed by atoms with Crippen molar-refractivity contribution in [1.29, 1.82) is 0 Å². The SMILES string of the molecule is CNCc1sc2ccc(F)cc2c1C(C)(C)C. The summed E-state index contributed by atoms with van der Waals surface area (Å²) in [6.07, 6.45) is 0. The highest BCUT2D eigenvalue weighted by Crippen LogP contribution is 2.39. The summed E-state index contributed by atoms with van der Waals surface area (Å²) in [5, 5.41) is 4.25. The second-order valence-corrected chi connectivity index (χ2v) is 6.46. The Kier molecular flexibility index (Phi) is 3.23. The highest BCUT2D eigenvalue weighted by Gasteiger charge is 2.23. The predicted molar refractivity (Wildman–Crippen MR) is 73.2 cm³/mol. The van der Waals surface area contributed by atoms with Crippen LogP contribution < -0.4 is 5.32 Å². The van der Waals surface area contributed by atoms with E-state index in [1.54, 1.807) is 17.4 Å². The first kappa shape index (κ1) is 12.5. The fourth-order valence-corrected chi connectivity index (χ4v) is 3.64. The maximum Gasteiger partial charge on any atom is 0.123 e. The molecule has 1 aromatic carbocycles. The molecule has 0 spiro atoms. The molecule has 1 aromatic heterocycles. The standard InChI is InChI=1S/C14H18FNS/c1-14(2,3)13-10-7-9(15)5-6-11(10)17-12(13)8-16-4/h5-7,16H,8H2,1-4H3. The minimum atomic E-state index is -0.156. The molecule has 0 aliphatic carbocycles. The summed E-state index contributed by atoms with van der Waals surface area (Å²) >= 11 is 1.75. The maximum atomic E-state index is 13.4. The van der Waals surface area contributed by atoms with Gasteiger partial charge in [0.2, 0.25) is 0 Å². The molecular formula is C14H18FNS. The average Bonchev–Trinajstić information content (AvgIpc) is 2.54. The van der Waals surface area contributed by atoms with Gasteiger partial charge in [-0.3, -0.25) is 0 Å². The quantitative estimate of drug-likeness (QED) is 0.848. The van der Waals surface area contributed by atoms with Gasteiger partial charge in [0.05, 0.1) is 0 Å². The molecule has 0 bridgehead atoms. The van der Waals surface area contributed by atoms with E-state index >= 15 is 0 Å². The van der Waals surface area contributed by atoms with E-state index in [9.17, 15) is 4.39 Å². The number of rotatable bonds is 2. The van der Waals surface area contributed by atoms with Gasteiger partial charge >= 0.3 is 0 Å². The lowest BCUT2D eigenvalue weighted by Gasteiger charge is -2.20. The zero-order valence-corrected chi connectivity index (χ0v) is 11.5. The molecular weight excluding hydrogens is 233 g/mol. The summed E-state index contributed by atoms with van der Waals surface area (Å²) in [6.45, 7) is 7.38. The second kappa shape index (κ2) is 4.39. The Morgan fingerprint density at radius 1 is 1.29 bits per heavy atom. The molecule has 0 aliphatic rings. The van der Waals surface area contributed by atoms with E-state index in [1.165, 1.54) is 21.2 Å². The van der Waals surface area contributed by atoms with Crippen molar-refractivity contribution in [3.05, 3.63) is 34.5 Å². The molecule has 17 heavy (non-hydrogen) atoms. The summed E-state index contributed by atoms with van der Waals surface area (Å²) in [7, 11) is 1.94. The van der Waals surface area contributed by atoms with Gasteiger partial charge in [-0.2, -0.15) is 0 Å². The van der Waals surface area contributed by atoms with Crippen molar-refractivity contribution in [1.82, 2.24) is 5.32 Å². The largest absolute Gasteiger partial charge is 0.315 e. The van der Waals surface area contributed by atoms with Crippen LogP contribution in [0.15, 0.2) is 18.2 Å². The zero-order valence-electron chi connectivity index (χ0n) is 10.7. The average molecular weight is 251 g/mol. The highest BCUT2D eigenvalue weighted by molar-refractivity contribution is 7.19. The predicted octanol–water partition coefficient (Wildman–Crippen LogP) is 4.06. The van der Waals surface area contributed by atoms with Crippen LogP contribution in [0.4, 0.5) is 4.39 Å². The number of halogens is 1. The Morgan fingerprint density at radius 2 is 2.00 bits per heavy atom. The lowest BCUT2D eigenvalue weighted by molar-refractivity contribution is 0.587. The van der Waals surface area contributed by atoms with Crippen molar-refractivity contribution in [2.75, 3.05) is 7.05 Å². The van der Waals surface area contributed by atoms with Crippen molar-refractivity contribution >= 4 is 21.4 Å². The van der Waals surface area contributed by atoms with Gasteiger partial charge in [0.25, 0.3) is 0 Å².